The van der Waals surface area contributed by atoms with E-state index in [0.29, 0.717) is 6.07 Å². The van der Waals surface area contributed by atoms with Crippen LogP contribution >= 0.6 is 11.6 Å². The minimum atomic E-state index is -1.17. The number of benzene rings is 1. The van der Waals surface area contributed by atoms with E-state index in [-0.39, 0.29) is 17.9 Å². The van der Waals surface area contributed by atoms with Gasteiger partial charge in [-0.1, -0.05) is 0 Å². The maximum absolute atomic E-state index is 12.8. The third kappa shape index (κ3) is 1.91. The summed E-state index contributed by atoms with van der Waals surface area (Å²) in [5, 5.41) is 0. The lowest BCUT2D eigenvalue weighted by Crippen LogP contribution is -1.97. The molecule has 0 amide bonds. The normalized spacial score (nSPS) is 10.3. The summed E-state index contributed by atoms with van der Waals surface area (Å²) in [5.74, 6) is -2.83. The first kappa shape index (κ1) is 9.39. The fourth-order valence-corrected chi connectivity index (χ4v) is 1.10. The Labute approximate surface area is 73.0 Å². The molecule has 12 heavy (non-hydrogen) atoms. The molecule has 0 atom stereocenters. The summed E-state index contributed by atoms with van der Waals surface area (Å²) in [7, 11) is 0. The zero-order valence-electron chi connectivity index (χ0n) is 6.08. The molecule has 0 saturated carbocycles. The summed E-state index contributed by atoms with van der Waals surface area (Å²) < 4.78 is 37.8. The molecule has 0 N–H and O–H groups in total. The van der Waals surface area contributed by atoms with E-state index >= 15 is 0 Å². The number of halogens is 4. The van der Waals surface area contributed by atoms with Crippen molar-refractivity contribution in [3.05, 3.63) is 35.1 Å². The lowest BCUT2D eigenvalue weighted by molar-refractivity contribution is 0.486. The molecule has 0 radical (unpaired) electrons. The average Bonchev–Trinajstić information content (AvgIpc) is 2.00. The van der Waals surface area contributed by atoms with Gasteiger partial charge in [-0.2, -0.15) is 0 Å². The summed E-state index contributed by atoms with van der Waals surface area (Å²) in [6.07, 6.45) is 0.127. The smallest absolute Gasteiger partial charge is 0.162 e. The van der Waals surface area contributed by atoms with Crippen LogP contribution in [0.25, 0.3) is 0 Å². The number of hydrogen-bond donors (Lipinski definition) is 0. The average molecular weight is 195 g/mol. The molecule has 0 bridgehead atoms. The maximum atomic E-state index is 12.8. The van der Waals surface area contributed by atoms with Crippen LogP contribution in [0.2, 0.25) is 0 Å². The Morgan fingerprint density at radius 2 is 1.83 bits per heavy atom. The fourth-order valence-electron chi connectivity index (χ4n) is 0.893. The number of rotatable bonds is 2. The van der Waals surface area contributed by atoms with Crippen molar-refractivity contribution in [2.24, 2.45) is 0 Å². The molecule has 0 saturated heterocycles. The van der Waals surface area contributed by atoms with Gasteiger partial charge in [-0.05, 0) is 18.1 Å². The molecule has 0 nitrogen and oxygen atoms in total. The van der Waals surface area contributed by atoms with Crippen molar-refractivity contribution >= 4 is 11.6 Å². The molecule has 0 aromatic heterocycles. The van der Waals surface area contributed by atoms with Crippen molar-refractivity contribution in [3.63, 3.8) is 0 Å². The van der Waals surface area contributed by atoms with Crippen LogP contribution in [-0.4, -0.2) is 5.88 Å². The molecule has 1 rings (SSSR count). The Kier molecular flexibility index (Phi) is 2.98. The van der Waals surface area contributed by atoms with E-state index in [0.717, 1.165) is 6.07 Å². The molecule has 0 aliphatic carbocycles. The second kappa shape index (κ2) is 3.81. The number of alkyl halides is 1. The molecule has 0 fully saturated rings. The first-order valence-electron chi connectivity index (χ1n) is 3.34. The largest absolute Gasteiger partial charge is 0.207 e. The fraction of sp³-hybridized carbons (Fsp3) is 0.250. The minimum Gasteiger partial charge on any atom is -0.207 e. The van der Waals surface area contributed by atoms with E-state index in [4.69, 9.17) is 11.6 Å². The van der Waals surface area contributed by atoms with Crippen molar-refractivity contribution < 1.29 is 13.2 Å². The summed E-state index contributed by atoms with van der Waals surface area (Å²) >= 11 is 5.30. The second-order valence-corrected chi connectivity index (χ2v) is 2.68. The highest BCUT2D eigenvalue weighted by atomic mass is 35.5. The van der Waals surface area contributed by atoms with Gasteiger partial charge in [0, 0.05) is 11.9 Å². The van der Waals surface area contributed by atoms with Crippen LogP contribution in [0, 0.1) is 17.5 Å². The molecule has 4 heteroatoms. The summed E-state index contributed by atoms with van der Waals surface area (Å²) in [6, 6.07) is 1.45. The molecule has 66 valence electrons. The predicted octanol–water partition coefficient (Wildman–Crippen LogP) is 2.89. The van der Waals surface area contributed by atoms with Crippen molar-refractivity contribution in [1.82, 2.24) is 0 Å². The number of aryl methyl sites for hydroxylation is 1. The Balaban J connectivity index is 3.09. The summed E-state index contributed by atoms with van der Waals surface area (Å²) in [6.45, 7) is 0. The van der Waals surface area contributed by atoms with Crippen molar-refractivity contribution in [3.8, 4) is 0 Å². The molecule has 1 aromatic rings. The third-order valence-electron chi connectivity index (χ3n) is 1.43. The molecule has 0 spiro atoms. The molecule has 0 heterocycles. The van der Waals surface area contributed by atoms with Gasteiger partial charge >= 0.3 is 0 Å². The lowest BCUT2D eigenvalue weighted by atomic mass is 10.1. The Bertz CT molecular complexity index is 286. The first-order valence-corrected chi connectivity index (χ1v) is 3.88. The topological polar surface area (TPSA) is 0 Å². The van der Waals surface area contributed by atoms with Gasteiger partial charge in [0.1, 0.15) is 5.82 Å². The van der Waals surface area contributed by atoms with Gasteiger partial charge in [0.05, 0.1) is 0 Å². The molecular formula is C8H6ClF3. The molecular weight excluding hydrogens is 189 g/mol. The van der Waals surface area contributed by atoms with Gasteiger partial charge in [-0.15, -0.1) is 11.6 Å². The predicted molar refractivity (Wildman–Crippen MR) is 40.7 cm³/mol. The number of hydrogen-bond acceptors (Lipinski definition) is 0. The highest BCUT2D eigenvalue weighted by Gasteiger charge is 2.09. The molecule has 0 aliphatic rings. The quantitative estimate of drug-likeness (QED) is 0.502. The maximum Gasteiger partial charge on any atom is 0.162 e. The van der Waals surface area contributed by atoms with E-state index in [1.54, 1.807) is 0 Å². The lowest BCUT2D eigenvalue weighted by Gasteiger charge is -2.01. The van der Waals surface area contributed by atoms with Gasteiger partial charge in [0.15, 0.2) is 11.6 Å². The van der Waals surface area contributed by atoms with Gasteiger partial charge in [0.25, 0.3) is 0 Å². The first-order chi connectivity index (χ1) is 5.65. The van der Waals surface area contributed by atoms with Crippen LogP contribution in [0.4, 0.5) is 13.2 Å². The summed E-state index contributed by atoms with van der Waals surface area (Å²) in [5.41, 5.74) is -0.0255. The van der Waals surface area contributed by atoms with E-state index in [1.165, 1.54) is 0 Å². The van der Waals surface area contributed by atoms with Crippen molar-refractivity contribution in [1.29, 1.82) is 0 Å². The van der Waals surface area contributed by atoms with Crippen LogP contribution in [0.3, 0.4) is 0 Å². The highest BCUT2D eigenvalue weighted by Crippen LogP contribution is 2.14. The zero-order chi connectivity index (χ0) is 9.14. The highest BCUT2D eigenvalue weighted by molar-refractivity contribution is 6.17. The van der Waals surface area contributed by atoms with Gasteiger partial charge in [-0.25, -0.2) is 13.2 Å². The monoisotopic (exact) mass is 194 g/mol. The molecule has 0 aliphatic heterocycles. The van der Waals surface area contributed by atoms with E-state index in [2.05, 4.69) is 0 Å². The Morgan fingerprint density at radius 1 is 1.17 bits per heavy atom. The van der Waals surface area contributed by atoms with Gasteiger partial charge in [-0.3, -0.25) is 0 Å². The van der Waals surface area contributed by atoms with E-state index < -0.39 is 17.5 Å². The van der Waals surface area contributed by atoms with Crippen molar-refractivity contribution in [2.45, 2.75) is 6.42 Å². The van der Waals surface area contributed by atoms with Gasteiger partial charge < -0.3 is 0 Å². The molecule has 1 aromatic carbocycles. The van der Waals surface area contributed by atoms with E-state index in [1.807, 2.05) is 0 Å². The Morgan fingerprint density at radius 3 is 2.42 bits per heavy atom. The summed E-state index contributed by atoms with van der Waals surface area (Å²) in [4.78, 5) is 0. The van der Waals surface area contributed by atoms with Crippen molar-refractivity contribution in [2.75, 3.05) is 5.88 Å². The molecule has 0 unspecified atom stereocenters. The Hall–Kier alpha value is -0.700. The zero-order valence-corrected chi connectivity index (χ0v) is 6.84. The van der Waals surface area contributed by atoms with Crippen LogP contribution in [0.15, 0.2) is 12.1 Å². The third-order valence-corrected chi connectivity index (χ3v) is 1.62. The van der Waals surface area contributed by atoms with E-state index in [9.17, 15) is 13.2 Å². The van der Waals surface area contributed by atoms with Crippen LogP contribution in [-0.2, 0) is 6.42 Å². The SMILES string of the molecule is Fc1cc(F)c(F)c(CCCl)c1. The van der Waals surface area contributed by atoms with Crippen LogP contribution in [0.5, 0.6) is 0 Å². The van der Waals surface area contributed by atoms with Gasteiger partial charge in [0.2, 0.25) is 0 Å². The second-order valence-electron chi connectivity index (χ2n) is 2.30. The van der Waals surface area contributed by atoms with Crippen LogP contribution in [0.1, 0.15) is 5.56 Å². The van der Waals surface area contributed by atoms with Crippen LogP contribution < -0.4 is 0 Å². The standard InChI is InChI=1S/C8H6ClF3/c9-2-1-5-3-6(10)4-7(11)8(5)12/h3-4H,1-2H2. The minimum absolute atomic E-state index is 0.0255.